The molecule has 0 atom stereocenters. The molecule has 4 rings (SSSR count). The van der Waals surface area contributed by atoms with E-state index in [1.807, 2.05) is 4.57 Å². The number of nitrogen functional groups attached to an aromatic ring is 1. The van der Waals surface area contributed by atoms with Crippen molar-refractivity contribution in [2.45, 2.75) is 18.9 Å². The van der Waals surface area contributed by atoms with Gasteiger partial charge in [0.25, 0.3) is 0 Å². The third-order valence-electron chi connectivity index (χ3n) is 3.83. The van der Waals surface area contributed by atoms with E-state index in [1.54, 1.807) is 18.2 Å². The summed E-state index contributed by atoms with van der Waals surface area (Å²) in [5.41, 5.74) is 8.29. The number of aromatic hydroxyl groups is 1. The molecule has 3 aromatic rings. The van der Waals surface area contributed by atoms with Gasteiger partial charge < -0.3 is 15.4 Å². The number of rotatable bonds is 2. The summed E-state index contributed by atoms with van der Waals surface area (Å²) in [5.74, 6) is 0.473. The average molecular weight is 283 g/mol. The van der Waals surface area contributed by atoms with Crippen LogP contribution in [0.1, 0.15) is 18.9 Å². The van der Waals surface area contributed by atoms with Crippen LogP contribution in [0.3, 0.4) is 0 Å². The summed E-state index contributed by atoms with van der Waals surface area (Å²) in [7, 11) is 0. The number of aromatic nitrogens is 2. The number of hydrogen-bond acceptors (Lipinski definition) is 3. The van der Waals surface area contributed by atoms with Crippen molar-refractivity contribution in [2.75, 3.05) is 5.73 Å². The van der Waals surface area contributed by atoms with Gasteiger partial charge in [0, 0.05) is 17.8 Å². The molecule has 0 spiro atoms. The van der Waals surface area contributed by atoms with Gasteiger partial charge in [0.2, 0.25) is 0 Å². The van der Waals surface area contributed by atoms with Crippen LogP contribution in [0.2, 0.25) is 0 Å². The van der Waals surface area contributed by atoms with Crippen molar-refractivity contribution < 1.29 is 9.50 Å². The summed E-state index contributed by atoms with van der Waals surface area (Å²) in [6.45, 7) is 0. The van der Waals surface area contributed by atoms with Gasteiger partial charge in [-0.15, -0.1) is 0 Å². The molecule has 1 aromatic heterocycles. The lowest BCUT2D eigenvalue weighted by Gasteiger charge is -2.09. The Bertz CT molecular complexity index is 852. The van der Waals surface area contributed by atoms with Gasteiger partial charge in [0.15, 0.2) is 0 Å². The number of nitrogens with two attached hydrogens (primary N) is 1. The number of phenols is 1. The molecule has 1 fully saturated rings. The van der Waals surface area contributed by atoms with Gasteiger partial charge in [-0.05, 0) is 43.2 Å². The van der Waals surface area contributed by atoms with E-state index >= 15 is 0 Å². The average Bonchev–Trinajstić information content (AvgIpc) is 3.20. The Morgan fingerprint density at radius 3 is 2.71 bits per heavy atom. The lowest BCUT2D eigenvalue weighted by Crippen LogP contribution is -1.98. The molecule has 1 heterocycles. The van der Waals surface area contributed by atoms with Gasteiger partial charge in [-0.25, -0.2) is 9.37 Å². The van der Waals surface area contributed by atoms with Crippen LogP contribution < -0.4 is 5.73 Å². The fourth-order valence-electron chi connectivity index (χ4n) is 2.70. The summed E-state index contributed by atoms with van der Waals surface area (Å²) >= 11 is 0. The molecule has 0 radical (unpaired) electrons. The second-order valence-corrected chi connectivity index (χ2v) is 5.45. The Labute approximate surface area is 120 Å². The summed E-state index contributed by atoms with van der Waals surface area (Å²) in [4.78, 5) is 4.57. The van der Waals surface area contributed by atoms with Crippen molar-refractivity contribution in [3.63, 3.8) is 0 Å². The van der Waals surface area contributed by atoms with Crippen LogP contribution in [-0.2, 0) is 0 Å². The minimum atomic E-state index is -0.280. The van der Waals surface area contributed by atoms with E-state index in [1.165, 1.54) is 18.2 Å². The molecule has 21 heavy (non-hydrogen) atoms. The maximum Gasteiger partial charge on any atom is 0.145 e. The summed E-state index contributed by atoms with van der Waals surface area (Å²) in [6, 6.07) is 9.88. The van der Waals surface area contributed by atoms with E-state index in [-0.39, 0.29) is 11.6 Å². The van der Waals surface area contributed by atoms with Crippen molar-refractivity contribution >= 4 is 16.7 Å². The highest BCUT2D eigenvalue weighted by Crippen LogP contribution is 2.43. The zero-order valence-electron chi connectivity index (χ0n) is 11.3. The number of nitrogens with zero attached hydrogens (tertiary/aromatic N) is 2. The second kappa shape index (κ2) is 4.22. The van der Waals surface area contributed by atoms with E-state index in [2.05, 4.69) is 4.98 Å². The number of anilines is 1. The minimum absolute atomic E-state index is 0.0904. The SMILES string of the molecule is Nc1ccc(-c2nc3ccc(F)cc3n2C2CC2)c(O)c1. The van der Waals surface area contributed by atoms with Crippen LogP contribution in [0.5, 0.6) is 5.75 Å². The Kier molecular flexibility index (Phi) is 2.45. The lowest BCUT2D eigenvalue weighted by molar-refractivity contribution is 0.477. The molecular weight excluding hydrogens is 269 g/mol. The first-order valence-corrected chi connectivity index (χ1v) is 6.90. The molecular formula is C16H14FN3O. The lowest BCUT2D eigenvalue weighted by atomic mass is 10.1. The van der Waals surface area contributed by atoms with E-state index in [4.69, 9.17) is 5.73 Å². The van der Waals surface area contributed by atoms with Crippen LogP contribution in [0, 0.1) is 5.82 Å². The van der Waals surface area contributed by atoms with E-state index < -0.39 is 0 Å². The molecule has 0 amide bonds. The number of fused-ring (bicyclic) bond motifs is 1. The van der Waals surface area contributed by atoms with E-state index in [0.29, 0.717) is 23.1 Å². The molecule has 0 saturated heterocycles. The fourth-order valence-corrected chi connectivity index (χ4v) is 2.70. The number of benzene rings is 2. The fraction of sp³-hybridized carbons (Fsp3) is 0.188. The molecule has 1 saturated carbocycles. The Morgan fingerprint density at radius 1 is 1.19 bits per heavy atom. The van der Waals surface area contributed by atoms with Gasteiger partial charge in [0.05, 0.1) is 16.6 Å². The number of halogens is 1. The molecule has 1 aliphatic rings. The van der Waals surface area contributed by atoms with E-state index in [0.717, 1.165) is 23.9 Å². The first-order chi connectivity index (χ1) is 10.1. The molecule has 5 heteroatoms. The van der Waals surface area contributed by atoms with Gasteiger partial charge in [-0.3, -0.25) is 0 Å². The Balaban J connectivity index is 2.01. The van der Waals surface area contributed by atoms with Crippen LogP contribution >= 0.6 is 0 Å². The second-order valence-electron chi connectivity index (χ2n) is 5.45. The zero-order valence-corrected chi connectivity index (χ0v) is 11.3. The predicted molar refractivity (Wildman–Crippen MR) is 79.5 cm³/mol. The normalized spacial score (nSPS) is 14.7. The third-order valence-corrected chi connectivity index (χ3v) is 3.83. The highest BCUT2D eigenvalue weighted by Gasteiger charge is 2.29. The monoisotopic (exact) mass is 283 g/mol. The largest absolute Gasteiger partial charge is 0.507 e. The zero-order chi connectivity index (χ0) is 14.6. The van der Waals surface area contributed by atoms with Crippen molar-refractivity contribution in [2.24, 2.45) is 0 Å². The highest BCUT2D eigenvalue weighted by atomic mass is 19.1. The van der Waals surface area contributed by atoms with Crippen molar-refractivity contribution in [3.05, 3.63) is 42.2 Å². The maximum absolute atomic E-state index is 13.5. The Hall–Kier alpha value is -2.56. The molecule has 106 valence electrons. The molecule has 4 nitrogen and oxygen atoms in total. The quantitative estimate of drug-likeness (QED) is 0.708. The first kappa shape index (κ1) is 12.2. The molecule has 0 aliphatic heterocycles. The smallest absolute Gasteiger partial charge is 0.145 e. The molecule has 1 aliphatic carbocycles. The predicted octanol–water partition coefficient (Wildman–Crippen LogP) is 3.47. The van der Waals surface area contributed by atoms with Gasteiger partial charge >= 0.3 is 0 Å². The maximum atomic E-state index is 13.5. The third kappa shape index (κ3) is 1.93. The Morgan fingerprint density at radius 2 is 2.00 bits per heavy atom. The minimum Gasteiger partial charge on any atom is -0.507 e. The highest BCUT2D eigenvalue weighted by molar-refractivity contribution is 5.82. The molecule has 2 aromatic carbocycles. The van der Waals surface area contributed by atoms with Crippen LogP contribution in [0.15, 0.2) is 36.4 Å². The summed E-state index contributed by atoms with van der Waals surface area (Å²) < 4.78 is 15.6. The molecule has 3 N–H and O–H groups in total. The van der Waals surface area contributed by atoms with Crippen LogP contribution in [0.25, 0.3) is 22.4 Å². The number of phenolic OH excluding ortho intramolecular Hbond substituents is 1. The summed E-state index contributed by atoms with van der Waals surface area (Å²) in [5, 5.41) is 10.1. The van der Waals surface area contributed by atoms with Crippen LogP contribution in [0.4, 0.5) is 10.1 Å². The topological polar surface area (TPSA) is 64.1 Å². The number of imidazole rings is 1. The first-order valence-electron chi connectivity index (χ1n) is 6.90. The van der Waals surface area contributed by atoms with Gasteiger partial charge in [0.1, 0.15) is 17.4 Å². The van der Waals surface area contributed by atoms with Gasteiger partial charge in [-0.2, -0.15) is 0 Å². The van der Waals surface area contributed by atoms with E-state index in [9.17, 15) is 9.50 Å². The standard InChI is InChI=1S/C16H14FN3O/c17-9-1-6-13-14(7-9)20(11-3-4-11)16(19-13)12-5-2-10(18)8-15(12)21/h1-2,5-8,11,21H,3-4,18H2. The number of hydrogen-bond donors (Lipinski definition) is 2. The summed E-state index contributed by atoms with van der Waals surface area (Å²) in [6.07, 6.45) is 2.09. The van der Waals surface area contributed by atoms with Crippen LogP contribution in [-0.4, -0.2) is 14.7 Å². The van der Waals surface area contributed by atoms with Gasteiger partial charge in [-0.1, -0.05) is 0 Å². The molecule has 0 unspecified atom stereocenters. The molecule has 0 bridgehead atoms. The van der Waals surface area contributed by atoms with Crippen molar-refractivity contribution in [3.8, 4) is 17.1 Å². The van der Waals surface area contributed by atoms with Crippen molar-refractivity contribution in [1.82, 2.24) is 9.55 Å². The van der Waals surface area contributed by atoms with Crippen molar-refractivity contribution in [1.29, 1.82) is 0 Å².